The third-order valence-electron chi connectivity index (χ3n) is 5.36. The standard InChI is InChI=1S/C23H28N4O4/c1-4-27(5-2)17-7-8-18-15(3)19(22(29)31-20(18)12-17)10-11-24-23(30)26-14-16-6-9-21(28)25-13-16/h6-9,12-13H,4-5,10-11,14H2,1-3H3,(H,25,28)(H2,24,26,30). The molecule has 2 heterocycles. The maximum Gasteiger partial charge on any atom is 0.339 e. The highest BCUT2D eigenvalue weighted by atomic mass is 16.4. The smallest absolute Gasteiger partial charge is 0.339 e. The number of aromatic nitrogens is 1. The molecule has 3 N–H and O–H groups in total. The summed E-state index contributed by atoms with van der Waals surface area (Å²) >= 11 is 0. The van der Waals surface area contributed by atoms with Gasteiger partial charge in [0.2, 0.25) is 5.56 Å². The highest BCUT2D eigenvalue weighted by Crippen LogP contribution is 2.25. The summed E-state index contributed by atoms with van der Waals surface area (Å²) in [6, 6.07) is 8.63. The van der Waals surface area contributed by atoms with Crippen molar-refractivity contribution in [1.29, 1.82) is 0 Å². The maximum atomic E-state index is 12.6. The van der Waals surface area contributed by atoms with E-state index >= 15 is 0 Å². The van der Waals surface area contributed by atoms with Crippen LogP contribution in [0.5, 0.6) is 0 Å². The quantitative estimate of drug-likeness (QED) is 0.482. The first kappa shape index (κ1) is 22.1. The topological polar surface area (TPSA) is 107 Å². The lowest BCUT2D eigenvalue weighted by Gasteiger charge is -2.21. The van der Waals surface area contributed by atoms with Gasteiger partial charge in [-0.3, -0.25) is 4.79 Å². The summed E-state index contributed by atoms with van der Waals surface area (Å²) in [5.41, 5.74) is 3.23. The predicted molar refractivity (Wildman–Crippen MR) is 122 cm³/mol. The van der Waals surface area contributed by atoms with Crippen LogP contribution in [0.15, 0.2) is 50.5 Å². The van der Waals surface area contributed by atoms with Crippen LogP contribution in [0.2, 0.25) is 0 Å². The lowest BCUT2D eigenvalue weighted by Crippen LogP contribution is -2.36. The number of carbonyl (C=O) groups is 1. The highest BCUT2D eigenvalue weighted by Gasteiger charge is 2.13. The van der Waals surface area contributed by atoms with Gasteiger partial charge >= 0.3 is 11.7 Å². The Bertz CT molecular complexity index is 1160. The molecule has 0 atom stereocenters. The van der Waals surface area contributed by atoms with Crippen molar-refractivity contribution < 1.29 is 9.21 Å². The van der Waals surface area contributed by atoms with Gasteiger partial charge < -0.3 is 24.9 Å². The first-order valence-corrected chi connectivity index (χ1v) is 10.4. The Kier molecular flexibility index (Phi) is 7.12. The number of nitrogens with one attached hydrogen (secondary N) is 3. The van der Waals surface area contributed by atoms with Crippen LogP contribution >= 0.6 is 0 Å². The van der Waals surface area contributed by atoms with E-state index in [1.807, 2.05) is 25.1 Å². The molecule has 164 valence electrons. The minimum Gasteiger partial charge on any atom is -0.422 e. The number of benzene rings is 1. The van der Waals surface area contributed by atoms with Crippen molar-refractivity contribution in [3.8, 4) is 0 Å². The number of urea groups is 1. The summed E-state index contributed by atoms with van der Waals surface area (Å²) in [7, 11) is 0. The van der Waals surface area contributed by atoms with Gasteiger partial charge in [0.05, 0.1) is 0 Å². The van der Waals surface area contributed by atoms with Gasteiger partial charge in [-0.25, -0.2) is 9.59 Å². The summed E-state index contributed by atoms with van der Waals surface area (Å²) < 4.78 is 5.59. The fraction of sp³-hybridized carbons (Fsp3) is 0.348. The SMILES string of the molecule is CCN(CC)c1ccc2c(C)c(CCNC(=O)NCc3ccc(=O)[nH]c3)c(=O)oc2c1. The lowest BCUT2D eigenvalue weighted by molar-refractivity contribution is 0.240. The zero-order chi connectivity index (χ0) is 22.4. The van der Waals surface area contributed by atoms with Crippen molar-refractivity contribution in [2.75, 3.05) is 24.5 Å². The first-order chi connectivity index (χ1) is 14.9. The fourth-order valence-electron chi connectivity index (χ4n) is 3.56. The number of aromatic amines is 1. The Morgan fingerprint density at radius 3 is 2.55 bits per heavy atom. The van der Waals surface area contributed by atoms with E-state index in [1.165, 1.54) is 6.07 Å². The number of anilines is 1. The van der Waals surface area contributed by atoms with Crippen molar-refractivity contribution in [3.05, 3.63) is 74.0 Å². The molecule has 0 saturated heterocycles. The molecule has 0 fully saturated rings. The van der Waals surface area contributed by atoms with Crippen molar-refractivity contribution >= 4 is 22.7 Å². The van der Waals surface area contributed by atoms with E-state index in [2.05, 4.69) is 34.4 Å². The molecule has 2 amide bonds. The average Bonchev–Trinajstić information content (AvgIpc) is 2.76. The summed E-state index contributed by atoms with van der Waals surface area (Å²) in [6.07, 6.45) is 1.92. The number of rotatable bonds is 8. The molecule has 1 aromatic carbocycles. The van der Waals surface area contributed by atoms with Gasteiger partial charge in [-0.15, -0.1) is 0 Å². The van der Waals surface area contributed by atoms with E-state index in [-0.39, 0.29) is 23.8 Å². The Morgan fingerprint density at radius 2 is 1.87 bits per heavy atom. The van der Waals surface area contributed by atoms with Gasteiger partial charge in [0.15, 0.2) is 0 Å². The molecule has 3 aromatic rings. The summed E-state index contributed by atoms with van der Waals surface area (Å²) in [6.45, 7) is 8.41. The Balaban J connectivity index is 1.63. The van der Waals surface area contributed by atoms with Crippen LogP contribution in [0, 0.1) is 6.92 Å². The van der Waals surface area contributed by atoms with Gasteiger partial charge in [-0.1, -0.05) is 6.07 Å². The Hall–Kier alpha value is -3.55. The van der Waals surface area contributed by atoms with Crippen molar-refractivity contribution in [2.45, 2.75) is 33.7 Å². The molecular formula is C23H28N4O4. The number of amides is 2. The molecule has 8 heteroatoms. The molecule has 31 heavy (non-hydrogen) atoms. The number of pyridine rings is 1. The van der Waals surface area contributed by atoms with Crippen LogP contribution in [0.3, 0.4) is 0 Å². The number of fused-ring (bicyclic) bond motifs is 1. The Morgan fingerprint density at radius 1 is 1.10 bits per heavy atom. The average molecular weight is 425 g/mol. The van der Waals surface area contributed by atoms with Crippen molar-refractivity contribution in [3.63, 3.8) is 0 Å². The number of hydrogen-bond donors (Lipinski definition) is 3. The second-order valence-corrected chi connectivity index (χ2v) is 7.27. The van der Waals surface area contributed by atoms with Crippen LogP contribution in [0.25, 0.3) is 11.0 Å². The second-order valence-electron chi connectivity index (χ2n) is 7.27. The van der Waals surface area contributed by atoms with Crippen LogP contribution in [-0.4, -0.2) is 30.6 Å². The third-order valence-corrected chi connectivity index (χ3v) is 5.36. The molecule has 0 aliphatic rings. The molecule has 0 aliphatic heterocycles. The largest absolute Gasteiger partial charge is 0.422 e. The summed E-state index contributed by atoms with van der Waals surface area (Å²) in [5.74, 6) is 0. The minimum atomic E-state index is -0.378. The summed E-state index contributed by atoms with van der Waals surface area (Å²) in [5, 5.41) is 6.35. The molecule has 0 unspecified atom stereocenters. The fourth-order valence-corrected chi connectivity index (χ4v) is 3.56. The van der Waals surface area contributed by atoms with E-state index in [0.717, 1.165) is 35.3 Å². The van der Waals surface area contributed by atoms with E-state index in [0.29, 0.717) is 24.1 Å². The molecule has 8 nitrogen and oxygen atoms in total. The molecule has 0 saturated carbocycles. The number of H-pyrrole nitrogens is 1. The predicted octanol–water partition coefficient (Wildman–Crippen LogP) is 2.68. The lowest BCUT2D eigenvalue weighted by atomic mass is 10.0. The maximum absolute atomic E-state index is 12.6. The van der Waals surface area contributed by atoms with Crippen LogP contribution in [0.1, 0.15) is 30.5 Å². The van der Waals surface area contributed by atoms with E-state index in [1.54, 1.807) is 12.3 Å². The molecule has 0 bridgehead atoms. The molecule has 3 rings (SSSR count). The number of nitrogens with zero attached hydrogens (tertiary/aromatic N) is 1. The third kappa shape index (κ3) is 5.33. The van der Waals surface area contributed by atoms with Gasteiger partial charge in [0.25, 0.3) is 0 Å². The molecule has 0 radical (unpaired) electrons. The van der Waals surface area contributed by atoms with Gasteiger partial charge in [0, 0.05) is 61.1 Å². The Labute approximate surface area is 180 Å². The molecule has 0 aliphatic carbocycles. The number of carbonyl (C=O) groups excluding carboxylic acids is 1. The monoisotopic (exact) mass is 424 g/mol. The van der Waals surface area contributed by atoms with Crippen molar-refractivity contribution in [1.82, 2.24) is 15.6 Å². The van der Waals surface area contributed by atoms with E-state index in [4.69, 9.17) is 4.42 Å². The minimum absolute atomic E-state index is 0.193. The van der Waals surface area contributed by atoms with Crippen molar-refractivity contribution in [2.24, 2.45) is 0 Å². The van der Waals surface area contributed by atoms with Crippen LogP contribution < -0.4 is 26.7 Å². The number of aryl methyl sites for hydroxylation is 1. The van der Waals surface area contributed by atoms with E-state index < -0.39 is 0 Å². The van der Waals surface area contributed by atoms with Gasteiger partial charge in [0.1, 0.15) is 5.58 Å². The molecule has 0 spiro atoms. The first-order valence-electron chi connectivity index (χ1n) is 10.4. The molecule has 2 aromatic heterocycles. The second kappa shape index (κ2) is 9.97. The van der Waals surface area contributed by atoms with Crippen LogP contribution in [-0.2, 0) is 13.0 Å². The zero-order valence-corrected chi connectivity index (χ0v) is 18.1. The van der Waals surface area contributed by atoms with Gasteiger partial charge in [-0.05, 0) is 50.5 Å². The van der Waals surface area contributed by atoms with Gasteiger partial charge in [-0.2, -0.15) is 0 Å². The highest BCUT2D eigenvalue weighted by molar-refractivity contribution is 5.84. The zero-order valence-electron chi connectivity index (χ0n) is 18.1. The molecular weight excluding hydrogens is 396 g/mol. The number of hydrogen-bond acceptors (Lipinski definition) is 5. The summed E-state index contributed by atoms with van der Waals surface area (Å²) in [4.78, 5) is 40.4. The normalized spacial score (nSPS) is 10.8. The van der Waals surface area contributed by atoms with Crippen LogP contribution in [0.4, 0.5) is 10.5 Å². The van der Waals surface area contributed by atoms with E-state index in [9.17, 15) is 14.4 Å².